The molecule has 16 heavy (non-hydrogen) atoms. The van der Waals surface area contributed by atoms with Crippen LogP contribution in [0.1, 0.15) is 10.6 Å². The van der Waals surface area contributed by atoms with E-state index in [0.717, 1.165) is 12.1 Å². The number of carbonyl (C=O) groups is 2. The number of hydrogen-bond donors (Lipinski definition) is 2. The molecular formula is C8H9NO6S. The summed E-state index contributed by atoms with van der Waals surface area (Å²) in [5.74, 6) is -3.35. The molecule has 0 aliphatic carbocycles. The Labute approximate surface area is 91.0 Å². The molecule has 0 bridgehead atoms. The molecule has 1 aromatic heterocycles. The van der Waals surface area contributed by atoms with Gasteiger partial charge in [-0.2, -0.15) is 0 Å². The van der Waals surface area contributed by atoms with Gasteiger partial charge in [0.05, 0.1) is 0 Å². The largest absolute Gasteiger partial charge is 0.475 e. The minimum atomic E-state index is -3.93. The van der Waals surface area contributed by atoms with Gasteiger partial charge >= 0.3 is 5.97 Å². The van der Waals surface area contributed by atoms with Crippen LogP contribution in [0.25, 0.3) is 0 Å². The van der Waals surface area contributed by atoms with Crippen molar-refractivity contribution in [3.05, 3.63) is 17.9 Å². The van der Waals surface area contributed by atoms with E-state index in [9.17, 15) is 18.0 Å². The fraction of sp³-hybridized carbons (Fsp3) is 0.250. The van der Waals surface area contributed by atoms with Gasteiger partial charge in [-0.05, 0) is 12.1 Å². The number of carboxylic acids is 1. The van der Waals surface area contributed by atoms with Gasteiger partial charge in [-0.1, -0.05) is 0 Å². The van der Waals surface area contributed by atoms with Crippen LogP contribution in [-0.2, 0) is 14.6 Å². The highest BCUT2D eigenvalue weighted by atomic mass is 32.2. The maximum Gasteiger partial charge on any atom is 0.371 e. The van der Waals surface area contributed by atoms with Gasteiger partial charge in [-0.25, -0.2) is 13.2 Å². The molecule has 1 aromatic rings. The van der Waals surface area contributed by atoms with Gasteiger partial charge in [-0.3, -0.25) is 4.79 Å². The van der Waals surface area contributed by atoms with Gasteiger partial charge in [0.15, 0.2) is 0 Å². The summed E-state index contributed by atoms with van der Waals surface area (Å²) >= 11 is 0. The smallest absolute Gasteiger partial charge is 0.371 e. The Morgan fingerprint density at radius 1 is 1.44 bits per heavy atom. The Kier molecular flexibility index (Phi) is 3.33. The van der Waals surface area contributed by atoms with E-state index in [1.165, 1.54) is 7.05 Å². The van der Waals surface area contributed by atoms with E-state index in [1.54, 1.807) is 0 Å². The van der Waals surface area contributed by atoms with Crippen LogP contribution in [0.5, 0.6) is 0 Å². The van der Waals surface area contributed by atoms with E-state index in [1.807, 2.05) is 0 Å². The lowest BCUT2D eigenvalue weighted by Crippen LogP contribution is -2.26. The van der Waals surface area contributed by atoms with Gasteiger partial charge in [0, 0.05) is 7.05 Å². The average molecular weight is 247 g/mol. The van der Waals surface area contributed by atoms with E-state index < -0.39 is 38.3 Å². The molecule has 88 valence electrons. The normalized spacial score (nSPS) is 11.1. The second kappa shape index (κ2) is 4.35. The van der Waals surface area contributed by atoms with Crippen molar-refractivity contribution in [2.75, 3.05) is 12.8 Å². The number of furan rings is 1. The van der Waals surface area contributed by atoms with Crippen molar-refractivity contribution in [3.8, 4) is 0 Å². The first-order valence-corrected chi connectivity index (χ1v) is 5.78. The lowest BCUT2D eigenvalue weighted by molar-refractivity contribution is -0.118. The van der Waals surface area contributed by atoms with E-state index >= 15 is 0 Å². The summed E-state index contributed by atoms with van der Waals surface area (Å²) in [5, 5.41) is 10.1. The van der Waals surface area contributed by atoms with Crippen molar-refractivity contribution in [1.82, 2.24) is 5.32 Å². The fourth-order valence-corrected chi connectivity index (χ4v) is 2.04. The second-order valence-electron chi connectivity index (χ2n) is 2.86. The predicted octanol–water partition coefficient (Wildman–Crippen LogP) is -0.502. The highest BCUT2D eigenvalue weighted by Crippen LogP contribution is 2.15. The SMILES string of the molecule is CNC(=O)CS(=O)(=O)c1ccc(C(=O)O)o1. The number of nitrogens with one attached hydrogen (secondary N) is 1. The number of sulfone groups is 1. The third-order valence-electron chi connectivity index (χ3n) is 1.70. The number of carbonyl (C=O) groups excluding carboxylic acids is 1. The minimum absolute atomic E-state index is 0.490. The quantitative estimate of drug-likeness (QED) is 0.741. The molecule has 0 atom stereocenters. The molecule has 0 fully saturated rings. The van der Waals surface area contributed by atoms with Crippen molar-refractivity contribution in [1.29, 1.82) is 0 Å². The molecule has 0 aromatic carbocycles. The standard InChI is InChI=1S/C8H9NO6S/c1-9-6(10)4-16(13,14)7-3-2-5(15-7)8(11)12/h2-3H,4H2,1H3,(H,9,10)(H,11,12). The van der Waals surface area contributed by atoms with E-state index in [0.29, 0.717) is 0 Å². The number of rotatable bonds is 4. The van der Waals surface area contributed by atoms with Crippen molar-refractivity contribution in [2.45, 2.75) is 5.09 Å². The van der Waals surface area contributed by atoms with Crippen LogP contribution in [0.3, 0.4) is 0 Å². The summed E-state index contributed by atoms with van der Waals surface area (Å²) in [5.41, 5.74) is 0. The van der Waals surface area contributed by atoms with E-state index in [-0.39, 0.29) is 0 Å². The Hall–Kier alpha value is -1.83. The number of hydrogen-bond acceptors (Lipinski definition) is 5. The summed E-state index contributed by atoms with van der Waals surface area (Å²) in [6.07, 6.45) is 0. The van der Waals surface area contributed by atoms with Crippen LogP contribution >= 0.6 is 0 Å². The predicted molar refractivity (Wildman–Crippen MR) is 51.8 cm³/mol. The number of carboxylic acid groups (broad SMARTS) is 1. The monoisotopic (exact) mass is 247 g/mol. The number of aromatic carboxylic acids is 1. The first kappa shape index (κ1) is 12.2. The highest BCUT2D eigenvalue weighted by molar-refractivity contribution is 7.92. The molecule has 0 radical (unpaired) electrons. The third kappa shape index (κ3) is 2.60. The van der Waals surface area contributed by atoms with Crippen LogP contribution < -0.4 is 5.32 Å². The summed E-state index contributed by atoms with van der Waals surface area (Å²) in [6, 6.07) is 2.01. The summed E-state index contributed by atoms with van der Waals surface area (Å²) in [4.78, 5) is 21.3. The first-order valence-electron chi connectivity index (χ1n) is 4.13. The van der Waals surface area contributed by atoms with E-state index in [2.05, 4.69) is 9.73 Å². The van der Waals surface area contributed by atoms with Crippen LogP contribution in [0.2, 0.25) is 0 Å². The molecule has 8 heteroatoms. The van der Waals surface area contributed by atoms with Crippen molar-refractivity contribution in [2.24, 2.45) is 0 Å². The second-order valence-corrected chi connectivity index (χ2v) is 4.78. The minimum Gasteiger partial charge on any atom is -0.475 e. The van der Waals surface area contributed by atoms with Crippen LogP contribution in [0, 0.1) is 0 Å². The van der Waals surface area contributed by atoms with Gasteiger partial charge in [-0.15, -0.1) is 0 Å². The molecule has 1 rings (SSSR count). The zero-order chi connectivity index (χ0) is 12.3. The zero-order valence-electron chi connectivity index (χ0n) is 8.26. The Morgan fingerprint density at radius 3 is 2.50 bits per heavy atom. The van der Waals surface area contributed by atoms with Gasteiger partial charge < -0.3 is 14.8 Å². The highest BCUT2D eigenvalue weighted by Gasteiger charge is 2.23. The summed E-state index contributed by atoms with van der Waals surface area (Å²) < 4.78 is 27.6. The van der Waals surface area contributed by atoms with Gasteiger partial charge in [0.1, 0.15) is 5.75 Å². The fourth-order valence-electron chi connectivity index (χ4n) is 0.918. The Morgan fingerprint density at radius 2 is 2.06 bits per heavy atom. The summed E-state index contributed by atoms with van der Waals surface area (Å²) in [6.45, 7) is 0. The molecule has 0 aliphatic rings. The first-order chi connectivity index (χ1) is 7.36. The molecule has 1 heterocycles. The topological polar surface area (TPSA) is 114 Å². The average Bonchev–Trinajstić information content (AvgIpc) is 2.66. The van der Waals surface area contributed by atoms with Crippen LogP contribution in [0.15, 0.2) is 21.6 Å². The van der Waals surface area contributed by atoms with Crippen LogP contribution in [0.4, 0.5) is 0 Å². The van der Waals surface area contributed by atoms with Gasteiger partial charge in [0.25, 0.3) is 0 Å². The molecule has 0 spiro atoms. The Bertz CT molecular complexity index is 514. The molecule has 0 aliphatic heterocycles. The van der Waals surface area contributed by atoms with Crippen molar-refractivity contribution >= 4 is 21.7 Å². The third-order valence-corrected chi connectivity index (χ3v) is 3.17. The molecule has 1 amide bonds. The number of amides is 1. The van der Waals surface area contributed by atoms with Crippen molar-refractivity contribution in [3.63, 3.8) is 0 Å². The molecule has 0 saturated carbocycles. The van der Waals surface area contributed by atoms with Crippen LogP contribution in [-0.4, -0.2) is 38.2 Å². The lowest BCUT2D eigenvalue weighted by atomic mass is 10.5. The zero-order valence-corrected chi connectivity index (χ0v) is 9.08. The Balaban J connectivity index is 2.99. The maximum atomic E-state index is 11.5. The van der Waals surface area contributed by atoms with Gasteiger partial charge in [0.2, 0.25) is 26.6 Å². The molecular weight excluding hydrogens is 238 g/mol. The molecule has 7 nitrogen and oxygen atoms in total. The maximum absolute atomic E-state index is 11.5. The summed E-state index contributed by atoms with van der Waals surface area (Å²) in [7, 11) is -2.63. The van der Waals surface area contributed by atoms with Crippen molar-refractivity contribution < 1.29 is 27.5 Å². The lowest BCUT2D eigenvalue weighted by Gasteiger charge is -1.99. The molecule has 2 N–H and O–H groups in total. The molecule has 0 unspecified atom stereocenters. The molecule has 0 saturated heterocycles. The van der Waals surface area contributed by atoms with E-state index in [4.69, 9.17) is 5.11 Å².